The number of aromatic nitrogens is 3. The molecule has 2 aromatic heterocycles. The third-order valence-corrected chi connectivity index (χ3v) is 5.47. The van der Waals surface area contributed by atoms with Crippen molar-refractivity contribution < 1.29 is 4.74 Å². The van der Waals surface area contributed by atoms with Gasteiger partial charge in [0.1, 0.15) is 5.82 Å². The molecule has 3 aromatic rings. The highest BCUT2D eigenvalue weighted by molar-refractivity contribution is 5.93. The van der Waals surface area contributed by atoms with Crippen molar-refractivity contribution in [3.05, 3.63) is 52.8 Å². The summed E-state index contributed by atoms with van der Waals surface area (Å²) in [6, 6.07) is 6.93. The molecule has 0 saturated carbocycles. The summed E-state index contributed by atoms with van der Waals surface area (Å²) in [6.07, 6.45) is 4.06. The lowest BCUT2D eigenvalue weighted by atomic mass is 10.1. The minimum absolute atomic E-state index is 0.0891. The van der Waals surface area contributed by atoms with E-state index in [0.717, 1.165) is 35.4 Å². The summed E-state index contributed by atoms with van der Waals surface area (Å²) in [4.78, 5) is 23.8. The normalized spacial score (nSPS) is 20.3. The van der Waals surface area contributed by atoms with Crippen molar-refractivity contribution in [1.29, 1.82) is 0 Å². The summed E-state index contributed by atoms with van der Waals surface area (Å²) in [5, 5.41) is 4.27. The minimum atomic E-state index is -0.182. The molecule has 1 unspecified atom stereocenters. The average molecular weight is 409 g/mol. The number of anilines is 3. The molecule has 1 aliphatic rings. The predicted octanol–water partition coefficient (Wildman–Crippen LogP) is 2.70. The highest BCUT2D eigenvalue weighted by Crippen LogP contribution is 2.27. The lowest BCUT2D eigenvalue weighted by Crippen LogP contribution is -2.45. The fraction of sp³-hybridized carbons (Fsp3) is 0.409. The first-order chi connectivity index (χ1) is 14.3. The van der Waals surface area contributed by atoms with Gasteiger partial charge in [-0.25, -0.2) is 9.97 Å². The van der Waals surface area contributed by atoms with Crippen molar-refractivity contribution in [3.8, 4) is 0 Å². The summed E-state index contributed by atoms with van der Waals surface area (Å²) in [5.74, 6) is 0.658. The standard InChI is InChI=1S/C22H28N6O2/c1-13-11-28(12-14(2)30-13)17-9-24-22(25-10-17)15(3)26-19-8-21(29)27(4)20-6-5-16(23)7-18(19)20/h5-10,13-15,26H,11-12,23H2,1-4H3/t13-,14+,15?. The third-order valence-electron chi connectivity index (χ3n) is 5.47. The molecule has 3 N–H and O–H groups in total. The van der Waals surface area contributed by atoms with Crippen LogP contribution in [0.25, 0.3) is 10.9 Å². The second kappa shape index (κ2) is 7.95. The lowest BCUT2D eigenvalue weighted by molar-refractivity contribution is -0.00525. The molecule has 0 aliphatic carbocycles. The number of pyridine rings is 1. The van der Waals surface area contributed by atoms with E-state index < -0.39 is 0 Å². The van der Waals surface area contributed by atoms with E-state index in [4.69, 9.17) is 10.5 Å². The average Bonchev–Trinajstić information content (AvgIpc) is 2.71. The topological polar surface area (TPSA) is 98.3 Å². The number of hydrogen-bond acceptors (Lipinski definition) is 7. The zero-order valence-corrected chi connectivity index (χ0v) is 17.8. The van der Waals surface area contributed by atoms with Crippen LogP contribution in [0.5, 0.6) is 0 Å². The Kier molecular flexibility index (Phi) is 5.34. The Labute approximate surface area is 175 Å². The largest absolute Gasteiger partial charge is 0.399 e. The van der Waals surface area contributed by atoms with Crippen LogP contribution in [0.4, 0.5) is 17.1 Å². The Morgan fingerprint density at radius 1 is 1.17 bits per heavy atom. The van der Waals surface area contributed by atoms with Gasteiger partial charge in [0, 0.05) is 43.0 Å². The van der Waals surface area contributed by atoms with Gasteiger partial charge in [-0.1, -0.05) is 0 Å². The summed E-state index contributed by atoms with van der Waals surface area (Å²) in [7, 11) is 1.75. The molecule has 1 aliphatic heterocycles. The van der Waals surface area contributed by atoms with E-state index in [1.807, 2.05) is 31.5 Å². The summed E-state index contributed by atoms with van der Waals surface area (Å²) >= 11 is 0. The van der Waals surface area contributed by atoms with Gasteiger partial charge in [0.2, 0.25) is 0 Å². The molecule has 8 nitrogen and oxygen atoms in total. The Hall–Kier alpha value is -3.13. The van der Waals surface area contributed by atoms with E-state index in [9.17, 15) is 4.79 Å². The van der Waals surface area contributed by atoms with Crippen LogP contribution in [-0.2, 0) is 11.8 Å². The van der Waals surface area contributed by atoms with Crippen molar-refractivity contribution >= 4 is 28.0 Å². The molecule has 30 heavy (non-hydrogen) atoms. The van der Waals surface area contributed by atoms with E-state index in [0.29, 0.717) is 11.5 Å². The molecule has 4 rings (SSSR count). The van der Waals surface area contributed by atoms with E-state index in [1.54, 1.807) is 23.7 Å². The number of rotatable bonds is 4. The fourth-order valence-corrected chi connectivity index (χ4v) is 4.00. The van der Waals surface area contributed by atoms with E-state index >= 15 is 0 Å². The highest BCUT2D eigenvalue weighted by atomic mass is 16.5. The maximum atomic E-state index is 12.4. The first-order valence-electron chi connectivity index (χ1n) is 10.2. The first-order valence-corrected chi connectivity index (χ1v) is 10.2. The second-order valence-electron chi connectivity index (χ2n) is 8.06. The molecule has 1 aromatic carbocycles. The molecular weight excluding hydrogens is 380 g/mol. The predicted molar refractivity (Wildman–Crippen MR) is 120 cm³/mol. The van der Waals surface area contributed by atoms with Crippen molar-refractivity contribution in [2.45, 2.75) is 39.0 Å². The number of nitrogens with one attached hydrogen (secondary N) is 1. The first kappa shape index (κ1) is 20.2. The summed E-state index contributed by atoms with van der Waals surface area (Å²) in [5.41, 5.74) is 9.05. The van der Waals surface area contributed by atoms with Crippen LogP contribution in [0, 0.1) is 0 Å². The molecular formula is C22H28N6O2. The van der Waals surface area contributed by atoms with Gasteiger partial charge in [-0.3, -0.25) is 4.79 Å². The number of morpholine rings is 1. The molecule has 0 spiro atoms. The van der Waals surface area contributed by atoms with E-state index in [-0.39, 0.29) is 23.8 Å². The van der Waals surface area contributed by atoms with Crippen molar-refractivity contribution in [2.24, 2.45) is 7.05 Å². The van der Waals surface area contributed by atoms with Crippen LogP contribution in [0.3, 0.4) is 0 Å². The van der Waals surface area contributed by atoms with Crippen LogP contribution in [0.1, 0.15) is 32.6 Å². The molecule has 0 radical (unpaired) electrons. The number of hydrogen-bond donors (Lipinski definition) is 2. The van der Waals surface area contributed by atoms with Gasteiger partial charge < -0.3 is 25.3 Å². The Morgan fingerprint density at radius 2 is 1.83 bits per heavy atom. The second-order valence-corrected chi connectivity index (χ2v) is 8.06. The number of fused-ring (bicyclic) bond motifs is 1. The Morgan fingerprint density at radius 3 is 2.50 bits per heavy atom. The van der Waals surface area contributed by atoms with Crippen molar-refractivity contribution in [1.82, 2.24) is 14.5 Å². The zero-order chi connectivity index (χ0) is 21.4. The highest BCUT2D eigenvalue weighted by Gasteiger charge is 2.23. The van der Waals surface area contributed by atoms with E-state index in [1.165, 1.54) is 0 Å². The van der Waals surface area contributed by atoms with Crippen LogP contribution in [0.2, 0.25) is 0 Å². The van der Waals surface area contributed by atoms with Gasteiger partial charge in [-0.05, 0) is 39.0 Å². The van der Waals surface area contributed by atoms with Crippen molar-refractivity contribution in [2.75, 3.05) is 29.0 Å². The van der Waals surface area contributed by atoms with Crippen LogP contribution >= 0.6 is 0 Å². The SMILES string of the molecule is CC(Nc1cc(=O)n(C)c2ccc(N)cc12)c1ncc(N2C[C@@H](C)O[C@@H](C)C2)cn1. The monoisotopic (exact) mass is 408 g/mol. The van der Waals surface area contributed by atoms with Crippen molar-refractivity contribution in [3.63, 3.8) is 0 Å². The number of nitrogens with zero attached hydrogens (tertiary/aromatic N) is 4. The molecule has 1 saturated heterocycles. The number of aryl methyl sites for hydroxylation is 1. The zero-order valence-electron chi connectivity index (χ0n) is 17.8. The molecule has 158 valence electrons. The minimum Gasteiger partial charge on any atom is -0.399 e. The quantitative estimate of drug-likeness (QED) is 0.641. The third kappa shape index (κ3) is 3.95. The number of nitrogen functional groups attached to an aromatic ring is 1. The molecule has 3 atom stereocenters. The molecule has 0 amide bonds. The van der Waals surface area contributed by atoms with Gasteiger partial charge in [-0.2, -0.15) is 0 Å². The van der Waals surface area contributed by atoms with Gasteiger partial charge in [0.25, 0.3) is 5.56 Å². The van der Waals surface area contributed by atoms with Gasteiger partial charge >= 0.3 is 0 Å². The fourth-order valence-electron chi connectivity index (χ4n) is 4.00. The summed E-state index contributed by atoms with van der Waals surface area (Å²) in [6.45, 7) is 7.77. The van der Waals surface area contributed by atoms with Gasteiger partial charge in [0.05, 0.1) is 41.8 Å². The van der Waals surface area contributed by atoms with Crippen LogP contribution in [0.15, 0.2) is 41.5 Å². The van der Waals surface area contributed by atoms with E-state index in [2.05, 4.69) is 34.0 Å². The number of benzene rings is 1. The maximum absolute atomic E-state index is 12.4. The molecule has 3 heterocycles. The smallest absolute Gasteiger partial charge is 0.252 e. The lowest BCUT2D eigenvalue weighted by Gasteiger charge is -2.36. The molecule has 1 fully saturated rings. The van der Waals surface area contributed by atoms with Crippen LogP contribution < -0.4 is 21.5 Å². The Balaban J connectivity index is 1.57. The molecule has 0 bridgehead atoms. The molecule has 8 heteroatoms. The number of nitrogens with two attached hydrogens (primary N) is 1. The number of ether oxygens (including phenoxy) is 1. The maximum Gasteiger partial charge on any atom is 0.252 e. The Bertz CT molecular complexity index is 1100. The van der Waals surface area contributed by atoms with Gasteiger partial charge in [-0.15, -0.1) is 0 Å². The summed E-state index contributed by atoms with van der Waals surface area (Å²) < 4.78 is 7.41. The van der Waals surface area contributed by atoms with Gasteiger partial charge in [0.15, 0.2) is 0 Å². The van der Waals surface area contributed by atoms with Crippen LogP contribution in [-0.4, -0.2) is 39.8 Å².